The number of ketones is 1. The first-order chi connectivity index (χ1) is 41.1. The Balaban J connectivity index is 1.02. The molecule has 0 saturated carbocycles. The van der Waals surface area contributed by atoms with E-state index in [0.717, 1.165) is 63.5 Å². The number of carbonyl (C=O) groups is 4. The lowest BCUT2D eigenvalue weighted by molar-refractivity contribution is -0.146. The number of para-hydroxylation sites is 2. The molecule has 3 atom stereocenters. The molecule has 0 N–H and O–H groups in total. The second-order valence-corrected chi connectivity index (χ2v) is 25.1. The Labute approximate surface area is 506 Å². The first kappa shape index (κ1) is 62.4. The van der Waals surface area contributed by atoms with Gasteiger partial charge in [-0.2, -0.15) is 0 Å². The van der Waals surface area contributed by atoms with Gasteiger partial charge in [-0.3, -0.25) is 19.2 Å². The van der Waals surface area contributed by atoms with Crippen LogP contribution in [-0.2, 0) is 59.4 Å². The van der Waals surface area contributed by atoms with Crippen molar-refractivity contribution < 1.29 is 61.9 Å². The predicted octanol–water partition coefficient (Wildman–Crippen LogP) is 9.32. The molecule has 4 aliphatic heterocycles. The monoisotopic (exact) mass is 1200 g/mol. The van der Waals surface area contributed by atoms with Crippen LogP contribution in [0.2, 0.25) is 0 Å². The molecule has 454 valence electrons. The summed E-state index contributed by atoms with van der Waals surface area (Å²) in [6.45, 7) is 10.3. The molecule has 2 amide bonds. The summed E-state index contributed by atoms with van der Waals surface area (Å²) in [6, 6.07) is 29.7. The number of ether oxygens (including phenoxy) is 8. The number of benzene rings is 5. The van der Waals surface area contributed by atoms with E-state index in [1.54, 1.807) is 51.2 Å². The summed E-state index contributed by atoms with van der Waals surface area (Å²) in [6.07, 6.45) is 2.93. The number of nitrogens with zero attached hydrogens (tertiary/aromatic N) is 6. The minimum atomic E-state index is -0.683. The lowest BCUT2D eigenvalue weighted by Crippen LogP contribution is -2.41. The van der Waals surface area contributed by atoms with Crippen molar-refractivity contribution in [2.24, 2.45) is 11.1 Å². The van der Waals surface area contributed by atoms with Gasteiger partial charge >= 0.3 is 5.97 Å². The van der Waals surface area contributed by atoms with Crippen molar-refractivity contribution in [3.05, 3.63) is 124 Å². The van der Waals surface area contributed by atoms with Crippen LogP contribution in [0.5, 0.6) is 23.0 Å². The van der Waals surface area contributed by atoms with Crippen molar-refractivity contribution >= 4 is 79.8 Å². The van der Waals surface area contributed by atoms with Gasteiger partial charge in [0.25, 0.3) is 11.8 Å². The Morgan fingerprint density at radius 3 is 1.74 bits per heavy atom. The molecule has 1 unspecified atom stereocenters. The summed E-state index contributed by atoms with van der Waals surface area (Å²) in [5, 5.41) is 3.68. The first-order valence-corrected chi connectivity index (χ1v) is 30.9. The molecule has 19 nitrogen and oxygen atoms in total. The van der Waals surface area contributed by atoms with Crippen molar-refractivity contribution in [2.45, 2.75) is 70.1 Å². The molecule has 0 radical (unpaired) electrons. The highest BCUT2D eigenvalue weighted by molar-refractivity contribution is 8.77. The molecule has 5 aromatic rings. The summed E-state index contributed by atoms with van der Waals surface area (Å²) in [5.41, 5.74) is 9.24. The second kappa shape index (κ2) is 28.8. The summed E-state index contributed by atoms with van der Waals surface area (Å²) < 4.78 is 47.2. The average molecular weight is 1200 g/mol. The van der Waals surface area contributed by atoms with E-state index in [9.17, 15) is 19.2 Å². The van der Waals surface area contributed by atoms with Gasteiger partial charge in [-0.1, -0.05) is 63.1 Å². The standard InChI is InChI=1S/C64H78N6O13S2/c1-10-65-83-39-50(71)30-46(63(74)78-9)40-84-85-64(2,3)41-68(19-20-79-23-24-80-22-21-75-6)47-26-42(37-81-59-33-55-51(31-57(59)76-7)61(72)69-48(35-66(55)4)28-44-15-11-13-17-53(44)69)25-43(27-47)38-82-60-34-56-52(32-58(60)77-8)62(73)70-49(36-67(56)5)29-45-16-12-14-18-54(45)70/h10-18,25-27,31-34,46,48-49H,19-24,28-30,35-41H2,1-9H3/t46?,48-,49-/m0/s1. The predicted molar refractivity (Wildman–Crippen MR) is 334 cm³/mol. The van der Waals surface area contributed by atoms with E-state index < -0.39 is 16.6 Å². The summed E-state index contributed by atoms with van der Waals surface area (Å²) in [5.74, 6) is 0.552. The van der Waals surface area contributed by atoms with Gasteiger partial charge in [0.2, 0.25) is 0 Å². The molecule has 9 rings (SSSR count). The first-order valence-electron chi connectivity index (χ1n) is 28.6. The Morgan fingerprint density at radius 2 is 1.22 bits per heavy atom. The Bertz CT molecular complexity index is 3060. The van der Waals surface area contributed by atoms with E-state index in [1.807, 2.05) is 78.5 Å². The van der Waals surface area contributed by atoms with Crippen LogP contribution in [0.4, 0.5) is 28.4 Å². The smallest absolute Gasteiger partial charge is 0.309 e. The van der Waals surface area contributed by atoms with Crippen LogP contribution in [0.15, 0.2) is 96.2 Å². The molecule has 85 heavy (non-hydrogen) atoms. The minimum absolute atomic E-state index is 0.0327. The van der Waals surface area contributed by atoms with Crippen molar-refractivity contribution in [2.75, 3.05) is 139 Å². The van der Waals surface area contributed by atoms with E-state index in [1.165, 1.54) is 24.1 Å². The number of rotatable bonds is 30. The number of Topliss-reactive ketones (excluding diaryl/α,β-unsaturated/α-hetero) is 1. The zero-order chi connectivity index (χ0) is 60.2. The van der Waals surface area contributed by atoms with Gasteiger partial charge in [-0.05, 0) is 98.3 Å². The zero-order valence-corrected chi connectivity index (χ0v) is 51.7. The van der Waals surface area contributed by atoms with Crippen molar-refractivity contribution in [3.8, 4) is 23.0 Å². The van der Waals surface area contributed by atoms with Crippen molar-refractivity contribution in [3.63, 3.8) is 0 Å². The van der Waals surface area contributed by atoms with Gasteiger partial charge in [0.1, 0.15) is 13.2 Å². The summed E-state index contributed by atoms with van der Waals surface area (Å²) in [7, 11) is 13.2. The SMILES string of the molecule is CC=NOCC(=O)CC(CSSC(C)(C)CN(CCOCCOCCOC)c1cc(COc2cc3c(cc2OC)C(=O)N2c4ccccc4C[C@H]2CN3C)cc(COc2cc3c(cc2OC)C(=O)N2c4ccccc4C[C@H]2CN3C)c1)C(=O)OC. The molecular weight excluding hydrogens is 1120 g/mol. The van der Waals surface area contributed by atoms with Gasteiger partial charge < -0.3 is 67.2 Å². The number of fused-ring (bicyclic) bond motifs is 8. The van der Waals surface area contributed by atoms with Gasteiger partial charge in [0, 0.05) is 99.7 Å². The third-order valence-corrected chi connectivity index (χ3v) is 18.8. The average Bonchev–Trinajstić information content (AvgIpc) is 2.05. The molecule has 0 aliphatic carbocycles. The third-order valence-electron chi connectivity index (χ3n) is 15.4. The van der Waals surface area contributed by atoms with E-state index in [4.69, 9.17) is 42.7 Å². The van der Waals surface area contributed by atoms with Crippen LogP contribution in [-0.4, -0.2) is 161 Å². The Hall–Kier alpha value is -7.17. The summed E-state index contributed by atoms with van der Waals surface area (Å²) in [4.78, 5) is 70.2. The fourth-order valence-electron chi connectivity index (χ4n) is 11.5. The number of amides is 2. The number of carbonyl (C=O) groups excluding carboxylic acids is 4. The van der Waals surface area contributed by atoms with Gasteiger partial charge in [-0.15, -0.1) is 0 Å². The minimum Gasteiger partial charge on any atom is -0.493 e. The van der Waals surface area contributed by atoms with E-state index in [0.29, 0.717) is 99.1 Å². The molecule has 0 fully saturated rings. The number of methoxy groups -OCH3 is 4. The maximum Gasteiger partial charge on any atom is 0.309 e. The molecule has 0 bridgehead atoms. The van der Waals surface area contributed by atoms with E-state index in [-0.39, 0.29) is 55.9 Å². The number of hydrogen-bond donors (Lipinski definition) is 0. The van der Waals surface area contributed by atoms with E-state index in [2.05, 4.69) is 58.0 Å². The third kappa shape index (κ3) is 14.9. The second-order valence-electron chi connectivity index (χ2n) is 22.1. The number of hydrogen-bond acceptors (Lipinski definition) is 19. The molecular formula is C64H78N6O13S2. The zero-order valence-electron chi connectivity index (χ0n) is 50.1. The fourth-order valence-corrected chi connectivity index (χ4v) is 14.3. The Morgan fingerprint density at radius 1 is 0.694 bits per heavy atom. The highest BCUT2D eigenvalue weighted by atomic mass is 33.1. The number of anilines is 5. The Kier molecular flexibility index (Phi) is 21.1. The van der Waals surface area contributed by atoms with Crippen molar-refractivity contribution in [1.82, 2.24) is 0 Å². The number of likely N-dealkylation sites (N-methyl/N-ethyl adjacent to an activating group) is 2. The van der Waals surface area contributed by atoms with Crippen LogP contribution in [0.1, 0.15) is 70.2 Å². The molecule has 0 aromatic heterocycles. The molecule has 0 saturated heterocycles. The van der Waals surface area contributed by atoms with Crippen molar-refractivity contribution in [1.29, 1.82) is 0 Å². The highest BCUT2D eigenvalue weighted by Crippen LogP contribution is 2.45. The molecule has 4 aliphatic rings. The van der Waals surface area contributed by atoms with Crippen LogP contribution >= 0.6 is 21.6 Å². The lowest BCUT2D eigenvalue weighted by atomic mass is 10.1. The van der Waals surface area contributed by atoms with Crippen LogP contribution in [0, 0.1) is 5.92 Å². The maximum absolute atomic E-state index is 14.5. The van der Waals surface area contributed by atoms with Crippen LogP contribution in [0.25, 0.3) is 0 Å². The molecule has 4 heterocycles. The van der Waals surface area contributed by atoms with Gasteiger partial charge in [0.05, 0.1) is 94.9 Å². The number of oxime groups is 1. The highest BCUT2D eigenvalue weighted by Gasteiger charge is 2.41. The molecule has 0 spiro atoms. The topological polar surface area (TPSA) is 180 Å². The quantitative estimate of drug-likeness (QED) is 0.0139. The number of esters is 1. The summed E-state index contributed by atoms with van der Waals surface area (Å²) >= 11 is 0. The molecule has 5 aromatic carbocycles. The molecule has 21 heteroatoms. The normalized spacial score (nSPS) is 16.4. The largest absolute Gasteiger partial charge is 0.493 e. The van der Waals surface area contributed by atoms with Crippen LogP contribution in [0.3, 0.4) is 0 Å². The van der Waals surface area contributed by atoms with Gasteiger partial charge in [0.15, 0.2) is 35.4 Å². The fraction of sp³-hybridized carbons (Fsp3) is 0.453. The van der Waals surface area contributed by atoms with E-state index >= 15 is 0 Å². The maximum atomic E-state index is 14.5. The van der Waals surface area contributed by atoms with Crippen LogP contribution < -0.4 is 43.4 Å². The lowest BCUT2D eigenvalue weighted by Gasteiger charge is -2.34. The van der Waals surface area contributed by atoms with Gasteiger partial charge in [-0.25, -0.2) is 0 Å².